The van der Waals surface area contributed by atoms with Gasteiger partial charge in [0.25, 0.3) is 0 Å². The Kier molecular flexibility index (Phi) is 40.5. The minimum absolute atomic E-state index is 0.0441. The summed E-state index contributed by atoms with van der Waals surface area (Å²) in [5, 5.41) is 5.54. The highest BCUT2D eigenvalue weighted by Gasteiger charge is 2.52. The summed E-state index contributed by atoms with van der Waals surface area (Å²) < 4.78 is 37.8. The second-order valence-corrected chi connectivity index (χ2v) is 61.7. The number of piperidine rings is 9. The minimum atomic E-state index is -1.99. The van der Waals surface area contributed by atoms with E-state index in [2.05, 4.69) is 293 Å². The Balaban J connectivity index is 0.000000226. The largest absolute Gasteiger partial charge is 0.304 e. The molecule has 10 aliphatic rings. The van der Waals surface area contributed by atoms with Gasteiger partial charge in [-0.3, -0.25) is 22.4 Å². The Morgan fingerprint density at radius 1 is 0.392 bits per heavy atom. The van der Waals surface area contributed by atoms with E-state index in [0.29, 0.717) is 75.8 Å². The van der Waals surface area contributed by atoms with Crippen LogP contribution in [0.1, 0.15) is 352 Å². The average molecular weight is 1840 g/mol. The molecule has 0 amide bonds. The van der Waals surface area contributed by atoms with Gasteiger partial charge in [-0.25, -0.2) is 9.29 Å². The van der Waals surface area contributed by atoms with E-state index >= 15 is 0 Å². The molecule has 3 atom stereocenters. The van der Waals surface area contributed by atoms with Gasteiger partial charge in [-0.2, -0.15) is 0 Å². The van der Waals surface area contributed by atoms with E-state index in [1.165, 1.54) is 211 Å². The van der Waals surface area contributed by atoms with Crippen molar-refractivity contribution >= 4 is 69.0 Å². The highest BCUT2D eigenvalue weighted by atomic mass is 32.2. The third-order valence-electron chi connectivity index (χ3n) is 37.2. The number of hydrogen-bond donors (Lipinski definition) is 0. The van der Waals surface area contributed by atoms with Gasteiger partial charge in [-0.1, -0.05) is 208 Å². The van der Waals surface area contributed by atoms with Crippen LogP contribution in [0.25, 0.3) is 0 Å². The molecule has 0 radical (unpaired) electrons. The van der Waals surface area contributed by atoms with Crippen molar-refractivity contribution in [2.75, 3.05) is 175 Å². The standard InChI is InChI=1S/C18H36N2.C17H34N2.C16H31NOS.C16H27NS.C14H24N2S.C14H29NOS.C12H25NOS/c1-6-19-11-7-16(8-12-19)15-20-13-9-18(5,10-14-20)17(2,3)4;1-6-18-11-7-15(8-12-18)19-13-9-17(5,10-14-19)16(2,3)4;1-14(2,3)15(4)9-11-17(12-10-15)13-16(7-8-16)19(5,6)18;1-13-6-11-18-14(13)12-17-9-7-16(5,8-10-17)15(2,3)4;1-13(2,3)14(4)5-8-16(9-6-14)11-12-15-7-10-17-12;1-13(2,3)14(4)7-9-15(10-8-14)11-12-17(5,6)16;1-11(2,3)12(4)7-9-13(10-8-12)15(5,6)14/h16H,6-15H2,1-5H3;15H,6-14H2,1-5H3;5,7-13H2,1-4,6H3;6,11H,7-10,12H2,1-5H3;7,10H,5-6,8-9,11H2,1-4H3;5,7-12H2,1-4,6H3;5,7-10H2,1-4,6H3. The van der Waals surface area contributed by atoms with Gasteiger partial charge < -0.3 is 29.4 Å². The molecule has 9 saturated heterocycles. The van der Waals surface area contributed by atoms with Gasteiger partial charge in [-0.05, 0) is 389 Å². The molecule has 1 aliphatic carbocycles. The van der Waals surface area contributed by atoms with Crippen molar-refractivity contribution in [3.63, 3.8) is 0 Å². The first-order valence-corrected chi connectivity index (χ1v) is 58.7. The number of thiophene rings is 1. The summed E-state index contributed by atoms with van der Waals surface area (Å²) in [5.74, 6) is 13.1. The van der Waals surface area contributed by atoms with E-state index < -0.39 is 28.8 Å². The smallest absolute Gasteiger partial charge is 0.107 e. The molecule has 13 nitrogen and oxygen atoms in total. The summed E-state index contributed by atoms with van der Waals surface area (Å²) in [6.45, 7) is 104. The van der Waals surface area contributed by atoms with E-state index in [0.717, 1.165) is 109 Å². The minimum Gasteiger partial charge on any atom is -0.304 e. The average Bonchev–Trinajstić information content (AvgIpc) is 1.60. The van der Waals surface area contributed by atoms with Crippen LogP contribution in [-0.4, -0.2) is 265 Å². The van der Waals surface area contributed by atoms with Crippen molar-refractivity contribution in [2.45, 2.75) is 367 Å². The van der Waals surface area contributed by atoms with Crippen molar-refractivity contribution in [1.29, 1.82) is 0 Å². The van der Waals surface area contributed by atoms with Crippen molar-refractivity contribution in [1.82, 2.24) is 48.5 Å². The van der Waals surface area contributed by atoms with Crippen LogP contribution in [0, 0.1) is 88.7 Å². The first-order chi connectivity index (χ1) is 57.0. The van der Waals surface area contributed by atoms with Crippen molar-refractivity contribution in [2.24, 2.45) is 81.7 Å². The number of nitrogens with zero attached hydrogens (tertiary/aromatic N) is 10. The fourth-order valence-electron chi connectivity index (χ4n) is 20.5. The fourth-order valence-corrected chi connectivity index (χ4v) is 25.1. The van der Waals surface area contributed by atoms with Crippen LogP contribution in [0.2, 0.25) is 0 Å². The molecular formula is C107H206N10O3S5. The normalized spacial score (nSPS) is 25.7. The molecule has 2 aromatic heterocycles. The molecule has 0 aromatic carbocycles. The van der Waals surface area contributed by atoms with Crippen LogP contribution < -0.4 is 0 Å². The maximum absolute atomic E-state index is 12.3. The summed E-state index contributed by atoms with van der Waals surface area (Å²) in [4.78, 5) is 26.8. The molecule has 2 aromatic rings. The molecule has 18 heteroatoms. The van der Waals surface area contributed by atoms with Gasteiger partial charge in [-0.15, -0.1) is 22.7 Å². The number of aryl methyl sites for hydroxylation is 1. The summed E-state index contributed by atoms with van der Waals surface area (Å²) in [6.07, 6.45) is 33.2. The maximum atomic E-state index is 12.3. The van der Waals surface area contributed by atoms with Gasteiger partial charge >= 0.3 is 0 Å². The Morgan fingerprint density at radius 3 is 1.01 bits per heavy atom. The molecule has 10 fully saturated rings. The second-order valence-electron chi connectivity index (χ2n) is 51.6. The van der Waals surface area contributed by atoms with Gasteiger partial charge in [0.05, 0.1) is 11.3 Å². The van der Waals surface area contributed by atoms with Crippen LogP contribution in [0.3, 0.4) is 0 Å². The lowest BCUT2D eigenvalue weighted by atomic mass is 9.62. The lowest BCUT2D eigenvalue weighted by Gasteiger charge is -2.50. The third-order valence-corrected chi connectivity index (χ3v) is 43.8. The highest BCUT2D eigenvalue weighted by molar-refractivity contribution is 8.01. The fraction of sp³-hybridized carbons (Fsp3) is 0.907. The van der Waals surface area contributed by atoms with Crippen LogP contribution in [0.5, 0.6) is 0 Å². The van der Waals surface area contributed by atoms with Gasteiger partial charge in [0.15, 0.2) is 0 Å². The molecule has 3 unspecified atom stereocenters. The zero-order chi connectivity index (χ0) is 94.6. The quantitative estimate of drug-likeness (QED) is 0.150. The number of rotatable bonds is 16. The summed E-state index contributed by atoms with van der Waals surface area (Å²) in [5.41, 5.74) is 7.62. The third kappa shape index (κ3) is 32.9. The van der Waals surface area contributed by atoms with Crippen molar-refractivity contribution in [3.05, 3.63) is 38.5 Å². The zero-order valence-corrected chi connectivity index (χ0v) is 92.9. The number of aromatic nitrogens is 1. The Bertz CT molecular complexity index is 3790. The second kappa shape index (κ2) is 44.9. The van der Waals surface area contributed by atoms with E-state index in [1.807, 2.05) is 28.1 Å². The van der Waals surface area contributed by atoms with E-state index in [4.69, 9.17) is 0 Å². The SMILES string of the molecule is C=S(C)(=O)C1(CN2CCC(C)(C(C)(C)C)CC2)CC1.C=S(C)(=O)CCN1CCC(C)(C(C)(C)C)CC1.C=S(C)(=O)N1CCC(C)(C(C)(C)C)CC1.CC(C)(C)C1(C)CCN(Cc2nccs2)CC1.CCN1CCC(CN2CCC(C)(C(C)(C)C)CC2)CC1.CCN1CCC(N2CCC(C)(C(C)(C)C)CC2)CC1.Cc1ccsc1CN1CCC(C)(C(C)(C)C)CC1. The van der Waals surface area contributed by atoms with E-state index in [-0.39, 0.29) is 4.75 Å². The molecule has 1 saturated carbocycles. The predicted octanol–water partition coefficient (Wildman–Crippen LogP) is 23.9. The first-order valence-electron chi connectivity index (χ1n) is 50.4. The van der Waals surface area contributed by atoms with Crippen LogP contribution in [-0.2, 0) is 41.8 Å². The van der Waals surface area contributed by atoms with Crippen molar-refractivity contribution < 1.29 is 12.6 Å². The molecule has 732 valence electrons. The lowest BCUT2D eigenvalue weighted by Crippen LogP contribution is -2.51. The molecule has 0 spiro atoms. The summed E-state index contributed by atoms with van der Waals surface area (Å²) in [6, 6.07) is 3.11. The number of hydrogen-bond acceptors (Lipinski definition) is 14. The number of thiazole rings is 1. The van der Waals surface area contributed by atoms with Crippen LogP contribution in [0.4, 0.5) is 0 Å². The summed E-state index contributed by atoms with van der Waals surface area (Å²) in [7, 11) is -5.70. The van der Waals surface area contributed by atoms with Gasteiger partial charge in [0, 0.05) is 96.0 Å². The van der Waals surface area contributed by atoms with E-state index in [1.54, 1.807) is 28.7 Å². The number of likely N-dealkylation sites (tertiary alicyclic amines) is 8. The Morgan fingerprint density at radius 2 is 0.712 bits per heavy atom. The lowest BCUT2D eigenvalue weighted by molar-refractivity contribution is -0.00448. The topological polar surface area (TPSA) is 93.3 Å². The monoisotopic (exact) mass is 1840 g/mol. The molecule has 9 aliphatic heterocycles. The van der Waals surface area contributed by atoms with Gasteiger partial charge in [0.2, 0.25) is 0 Å². The molecule has 0 N–H and O–H groups in total. The maximum Gasteiger partial charge on any atom is 0.107 e. The predicted molar refractivity (Wildman–Crippen MR) is 562 cm³/mol. The van der Waals surface area contributed by atoms with Crippen LogP contribution in [0.15, 0.2) is 23.0 Å². The molecule has 11 heterocycles. The Hall–Kier alpha value is -0.970. The van der Waals surface area contributed by atoms with E-state index in [9.17, 15) is 12.6 Å². The first kappa shape index (κ1) is 113. The van der Waals surface area contributed by atoms with Gasteiger partial charge in [0.1, 0.15) is 5.01 Å². The Labute approximate surface area is 786 Å². The molecule has 125 heavy (non-hydrogen) atoms. The summed E-state index contributed by atoms with van der Waals surface area (Å²) >= 11 is 3.68. The highest BCUT2D eigenvalue weighted by Crippen LogP contribution is 2.54. The molecular weight excluding hydrogens is 1630 g/mol. The van der Waals surface area contributed by atoms with Crippen LogP contribution >= 0.6 is 22.7 Å². The molecule has 12 rings (SSSR count). The molecule has 0 bridgehead atoms. The van der Waals surface area contributed by atoms with Crippen molar-refractivity contribution in [3.8, 4) is 0 Å². The zero-order valence-electron chi connectivity index (χ0n) is 88.9.